The molecular formula is C18H25N3OS. The van der Waals surface area contributed by atoms with E-state index in [9.17, 15) is 0 Å². The predicted molar refractivity (Wildman–Crippen MR) is 95.2 cm³/mol. The fourth-order valence-corrected chi connectivity index (χ4v) is 3.70. The Kier molecular flexibility index (Phi) is 5.28. The lowest BCUT2D eigenvalue weighted by Gasteiger charge is -2.26. The predicted octanol–water partition coefficient (Wildman–Crippen LogP) is 4.01. The lowest BCUT2D eigenvalue weighted by Crippen LogP contribution is -2.28. The molecule has 3 heterocycles. The lowest BCUT2D eigenvalue weighted by molar-refractivity contribution is 0.193. The van der Waals surface area contributed by atoms with E-state index in [1.165, 1.54) is 4.88 Å². The standard InChI is InChI=1S/C18H25N3OS/c1-13(2)10-21(11-16-5-4-8-23-16)18-9-17(19-14(3)20-18)15-6-7-22-12-15/h4-5,8-9,13,15H,6-7,10-12H2,1-3H3/t15-/m0/s1. The molecule has 2 aromatic rings. The van der Waals surface area contributed by atoms with Crippen molar-refractivity contribution in [3.63, 3.8) is 0 Å². The van der Waals surface area contributed by atoms with Crippen LogP contribution in [0.3, 0.4) is 0 Å². The van der Waals surface area contributed by atoms with Crippen molar-refractivity contribution in [2.75, 3.05) is 24.7 Å². The van der Waals surface area contributed by atoms with Gasteiger partial charge in [-0.05, 0) is 30.7 Å². The Morgan fingerprint density at radius 3 is 2.91 bits per heavy atom. The van der Waals surface area contributed by atoms with E-state index < -0.39 is 0 Å². The molecule has 0 unspecified atom stereocenters. The second-order valence-corrected chi connectivity index (χ2v) is 7.64. The summed E-state index contributed by atoms with van der Waals surface area (Å²) >= 11 is 1.80. The molecule has 1 saturated heterocycles. The van der Waals surface area contributed by atoms with Crippen LogP contribution in [0.4, 0.5) is 5.82 Å². The maximum Gasteiger partial charge on any atom is 0.132 e. The summed E-state index contributed by atoms with van der Waals surface area (Å²) in [5.41, 5.74) is 1.13. The highest BCUT2D eigenvalue weighted by molar-refractivity contribution is 7.09. The van der Waals surface area contributed by atoms with Crippen LogP contribution in [0.1, 0.15) is 42.6 Å². The summed E-state index contributed by atoms with van der Waals surface area (Å²) in [5.74, 6) is 2.90. The molecule has 0 radical (unpaired) electrons. The number of aryl methyl sites for hydroxylation is 1. The second kappa shape index (κ2) is 7.41. The summed E-state index contributed by atoms with van der Waals surface area (Å²) < 4.78 is 5.53. The average Bonchev–Trinajstić information content (AvgIpc) is 3.19. The first kappa shape index (κ1) is 16.4. The molecule has 1 aliphatic heterocycles. The van der Waals surface area contributed by atoms with Crippen LogP contribution >= 0.6 is 11.3 Å². The van der Waals surface area contributed by atoms with Gasteiger partial charge in [-0.2, -0.15) is 0 Å². The third-order valence-electron chi connectivity index (χ3n) is 4.03. The third kappa shape index (κ3) is 4.30. The zero-order chi connectivity index (χ0) is 16.2. The van der Waals surface area contributed by atoms with Crippen LogP contribution in [-0.2, 0) is 11.3 Å². The van der Waals surface area contributed by atoms with E-state index in [2.05, 4.69) is 47.3 Å². The minimum absolute atomic E-state index is 0.415. The molecule has 3 rings (SSSR count). The first-order chi connectivity index (χ1) is 11.1. The summed E-state index contributed by atoms with van der Waals surface area (Å²) in [6, 6.07) is 6.47. The van der Waals surface area contributed by atoms with Crippen molar-refractivity contribution in [2.24, 2.45) is 5.92 Å². The van der Waals surface area contributed by atoms with E-state index in [0.29, 0.717) is 11.8 Å². The van der Waals surface area contributed by atoms with Crippen LogP contribution in [0.2, 0.25) is 0 Å². The highest BCUT2D eigenvalue weighted by atomic mass is 32.1. The number of hydrogen-bond acceptors (Lipinski definition) is 5. The first-order valence-corrected chi connectivity index (χ1v) is 9.20. The van der Waals surface area contributed by atoms with Crippen LogP contribution in [0.5, 0.6) is 0 Å². The molecule has 124 valence electrons. The van der Waals surface area contributed by atoms with Gasteiger partial charge in [0.1, 0.15) is 11.6 Å². The molecule has 0 saturated carbocycles. The normalized spacial score (nSPS) is 17.8. The van der Waals surface area contributed by atoms with Gasteiger partial charge in [0.2, 0.25) is 0 Å². The van der Waals surface area contributed by atoms with Crippen molar-refractivity contribution in [3.8, 4) is 0 Å². The molecule has 2 aromatic heterocycles. The molecule has 1 atom stereocenters. The Hall–Kier alpha value is -1.46. The minimum Gasteiger partial charge on any atom is -0.381 e. The van der Waals surface area contributed by atoms with Crippen LogP contribution in [-0.4, -0.2) is 29.7 Å². The van der Waals surface area contributed by atoms with E-state index in [1.54, 1.807) is 11.3 Å². The second-order valence-electron chi connectivity index (χ2n) is 6.61. The maximum absolute atomic E-state index is 5.53. The quantitative estimate of drug-likeness (QED) is 0.801. The fraction of sp³-hybridized carbons (Fsp3) is 0.556. The number of hydrogen-bond donors (Lipinski definition) is 0. The first-order valence-electron chi connectivity index (χ1n) is 8.32. The Labute approximate surface area is 142 Å². The van der Waals surface area contributed by atoms with E-state index >= 15 is 0 Å². The Morgan fingerprint density at radius 1 is 1.39 bits per heavy atom. The van der Waals surface area contributed by atoms with E-state index in [4.69, 9.17) is 9.72 Å². The molecule has 5 heteroatoms. The molecule has 4 nitrogen and oxygen atoms in total. The molecule has 23 heavy (non-hydrogen) atoms. The van der Waals surface area contributed by atoms with Gasteiger partial charge in [0.15, 0.2) is 0 Å². The van der Waals surface area contributed by atoms with Gasteiger partial charge < -0.3 is 9.64 Å². The summed E-state index contributed by atoms with van der Waals surface area (Å²) in [4.78, 5) is 13.1. The smallest absolute Gasteiger partial charge is 0.132 e. The van der Waals surface area contributed by atoms with Gasteiger partial charge in [0, 0.05) is 30.0 Å². The molecule has 0 amide bonds. The van der Waals surface area contributed by atoms with Crippen LogP contribution in [0, 0.1) is 12.8 Å². The van der Waals surface area contributed by atoms with Crippen LogP contribution < -0.4 is 4.90 Å². The monoisotopic (exact) mass is 331 g/mol. The highest BCUT2D eigenvalue weighted by Gasteiger charge is 2.22. The SMILES string of the molecule is Cc1nc([C@H]2CCOC2)cc(N(Cc2cccs2)CC(C)C)n1. The number of anilines is 1. The van der Waals surface area contributed by atoms with Crippen molar-refractivity contribution in [3.05, 3.63) is 40.0 Å². The van der Waals surface area contributed by atoms with Gasteiger partial charge in [-0.25, -0.2) is 9.97 Å². The molecular weight excluding hydrogens is 306 g/mol. The number of aromatic nitrogens is 2. The molecule has 0 N–H and O–H groups in total. The van der Waals surface area contributed by atoms with Crippen LogP contribution in [0.15, 0.2) is 23.6 Å². The number of rotatable bonds is 6. The highest BCUT2D eigenvalue weighted by Crippen LogP contribution is 2.27. The minimum atomic E-state index is 0.415. The van der Waals surface area contributed by atoms with Gasteiger partial charge in [0.25, 0.3) is 0 Å². The Bertz CT molecular complexity index is 621. The van der Waals surface area contributed by atoms with Crippen LogP contribution in [0.25, 0.3) is 0 Å². The number of thiophene rings is 1. The number of nitrogens with zero attached hydrogens (tertiary/aromatic N) is 3. The van der Waals surface area contributed by atoms with E-state index in [-0.39, 0.29) is 0 Å². The molecule has 1 fully saturated rings. The van der Waals surface area contributed by atoms with Crippen molar-refractivity contribution in [1.29, 1.82) is 0 Å². The molecule has 0 aliphatic carbocycles. The molecule has 0 spiro atoms. The van der Waals surface area contributed by atoms with E-state index in [0.717, 1.165) is 50.1 Å². The average molecular weight is 331 g/mol. The van der Waals surface area contributed by atoms with Crippen molar-refractivity contribution in [2.45, 2.75) is 39.7 Å². The van der Waals surface area contributed by atoms with Gasteiger partial charge in [-0.3, -0.25) is 0 Å². The van der Waals surface area contributed by atoms with Gasteiger partial charge in [0.05, 0.1) is 18.8 Å². The Morgan fingerprint density at radius 2 is 2.26 bits per heavy atom. The van der Waals surface area contributed by atoms with Gasteiger partial charge in [-0.15, -0.1) is 11.3 Å². The van der Waals surface area contributed by atoms with Crippen molar-refractivity contribution in [1.82, 2.24) is 9.97 Å². The third-order valence-corrected chi connectivity index (χ3v) is 4.89. The Balaban J connectivity index is 1.87. The van der Waals surface area contributed by atoms with Gasteiger partial charge in [-0.1, -0.05) is 19.9 Å². The summed E-state index contributed by atoms with van der Waals surface area (Å²) in [6.07, 6.45) is 1.06. The number of ether oxygens (including phenoxy) is 1. The topological polar surface area (TPSA) is 38.2 Å². The lowest BCUT2D eigenvalue weighted by atomic mass is 10.0. The zero-order valence-electron chi connectivity index (χ0n) is 14.2. The molecule has 0 bridgehead atoms. The van der Waals surface area contributed by atoms with Gasteiger partial charge >= 0.3 is 0 Å². The summed E-state index contributed by atoms with van der Waals surface area (Å²) in [6.45, 7) is 10.0. The maximum atomic E-state index is 5.53. The van der Waals surface area contributed by atoms with Crippen molar-refractivity contribution < 1.29 is 4.74 Å². The summed E-state index contributed by atoms with van der Waals surface area (Å²) in [5, 5.41) is 2.13. The van der Waals surface area contributed by atoms with Crippen molar-refractivity contribution >= 4 is 17.2 Å². The van der Waals surface area contributed by atoms with E-state index in [1.807, 2.05) is 6.92 Å². The largest absolute Gasteiger partial charge is 0.381 e. The fourth-order valence-electron chi connectivity index (χ4n) is 2.98. The zero-order valence-corrected chi connectivity index (χ0v) is 15.0. The summed E-state index contributed by atoms with van der Waals surface area (Å²) in [7, 11) is 0. The molecule has 1 aliphatic rings. The molecule has 0 aromatic carbocycles.